The fourth-order valence-corrected chi connectivity index (χ4v) is 1.80. The van der Waals surface area contributed by atoms with E-state index in [9.17, 15) is 10.1 Å². The molecule has 1 aromatic carbocycles. The van der Waals surface area contributed by atoms with E-state index in [1.165, 1.54) is 0 Å². The molecule has 0 fully saturated rings. The molecule has 1 amide bonds. The normalized spacial score (nSPS) is 10.9. The third kappa shape index (κ3) is 4.90. The van der Waals surface area contributed by atoms with Gasteiger partial charge >= 0.3 is 0 Å². The van der Waals surface area contributed by atoms with Crippen LogP contribution in [-0.4, -0.2) is 25.0 Å². The van der Waals surface area contributed by atoms with Gasteiger partial charge in [-0.2, -0.15) is 5.26 Å². The first kappa shape index (κ1) is 16.0. The summed E-state index contributed by atoms with van der Waals surface area (Å²) in [6.45, 7) is 7.06. The Morgan fingerprint density at radius 1 is 1.45 bits per heavy atom. The Balaban J connectivity index is 2.91. The van der Waals surface area contributed by atoms with Crippen LogP contribution in [0.1, 0.15) is 31.9 Å². The van der Waals surface area contributed by atoms with Crippen molar-refractivity contribution in [1.82, 2.24) is 5.32 Å². The van der Waals surface area contributed by atoms with Crippen LogP contribution < -0.4 is 16.0 Å². The second-order valence-corrected chi connectivity index (χ2v) is 5.89. The molecule has 0 atom stereocenters. The molecule has 1 aromatic rings. The van der Waals surface area contributed by atoms with Crippen LogP contribution >= 0.6 is 0 Å². The number of carbonyl (C=O) groups is 1. The highest BCUT2D eigenvalue weighted by molar-refractivity contribution is 5.80. The van der Waals surface area contributed by atoms with Gasteiger partial charge in [0.2, 0.25) is 5.91 Å². The van der Waals surface area contributed by atoms with E-state index in [0.29, 0.717) is 17.8 Å². The summed E-state index contributed by atoms with van der Waals surface area (Å²) in [6.07, 6.45) is 0. The Labute approximate surface area is 120 Å². The summed E-state index contributed by atoms with van der Waals surface area (Å²) in [5, 5.41) is 12.6. The lowest BCUT2D eigenvalue weighted by Crippen LogP contribution is -2.35. The van der Waals surface area contributed by atoms with Gasteiger partial charge in [-0.05, 0) is 38.5 Å². The lowest BCUT2D eigenvalue weighted by Gasteiger charge is -2.22. The van der Waals surface area contributed by atoms with E-state index in [4.69, 9.17) is 5.73 Å². The maximum absolute atomic E-state index is 11.0. The molecular weight excluding hydrogens is 252 g/mol. The minimum atomic E-state index is -0.421. The molecule has 20 heavy (non-hydrogen) atoms. The van der Waals surface area contributed by atoms with Gasteiger partial charge in [-0.3, -0.25) is 4.79 Å². The van der Waals surface area contributed by atoms with Crippen molar-refractivity contribution >= 4 is 11.6 Å². The molecular formula is C15H22N4O. The molecule has 0 radical (unpaired) electrons. The summed E-state index contributed by atoms with van der Waals surface area (Å²) >= 11 is 0. The van der Waals surface area contributed by atoms with Crippen molar-refractivity contribution in [3.05, 3.63) is 29.3 Å². The van der Waals surface area contributed by atoms with Gasteiger partial charge in [0, 0.05) is 19.1 Å². The zero-order valence-corrected chi connectivity index (χ0v) is 12.5. The SMILES string of the molecule is CN(CC(N)=O)c1ccc(CNC(C)(C)C)cc1C#N. The second kappa shape index (κ2) is 6.40. The Hall–Kier alpha value is -2.06. The maximum atomic E-state index is 11.0. The summed E-state index contributed by atoms with van der Waals surface area (Å²) in [5.41, 5.74) is 7.49. The zero-order valence-electron chi connectivity index (χ0n) is 12.5. The third-order valence-electron chi connectivity index (χ3n) is 2.81. The molecule has 108 valence electrons. The lowest BCUT2D eigenvalue weighted by atomic mass is 10.1. The number of benzene rings is 1. The first-order chi connectivity index (χ1) is 9.23. The quantitative estimate of drug-likeness (QED) is 0.849. The largest absolute Gasteiger partial charge is 0.368 e. The number of hydrogen-bond acceptors (Lipinski definition) is 4. The molecule has 0 bridgehead atoms. The van der Waals surface area contributed by atoms with Crippen LogP contribution in [0.4, 0.5) is 5.69 Å². The zero-order chi connectivity index (χ0) is 15.3. The van der Waals surface area contributed by atoms with Gasteiger partial charge in [0.15, 0.2) is 0 Å². The maximum Gasteiger partial charge on any atom is 0.236 e. The Kier molecular flexibility index (Phi) is 5.12. The molecule has 5 heteroatoms. The van der Waals surface area contributed by atoms with Crippen molar-refractivity contribution in [2.45, 2.75) is 32.9 Å². The molecule has 0 aliphatic carbocycles. The molecule has 0 heterocycles. The van der Waals surface area contributed by atoms with Gasteiger partial charge in [-0.1, -0.05) is 6.07 Å². The van der Waals surface area contributed by atoms with Crippen LogP contribution in [-0.2, 0) is 11.3 Å². The van der Waals surface area contributed by atoms with Crippen molar-refractivity contribution in [2.24, 2.45) is 5.73 Å². The minimum absolute atomic E-state index is 0.0221. The predicted octanol–water partition coefficient (Wildman–Crippen LogP) is 1.37. The van der Waals surface area contributed by atoms with Crippen molar-refractivity contribution in [3.8, 4) is 6.07 Å². The molecule has 0 aliphatic rings. The van der Waals surface area contributed by atoms with Gasteiger partial charge in [0.05, 0.1) is 17.8 Å². The van der Waals surface area contributed by atoms with Crippen molar-refractivity contribution in [1.29, 1.82) is 5.26 Å². The fraction of sp³-hybridized carbons (Fsp3) is 0.467. The fourth-order valence-electron chi connectivity index (χ4n) is 1.80. The van der Waals surface area contributed by atoms with Gasteiger partial charge in [0.25, 0.3) is 0 Å². The number of hydrogen-bond donors (Lipinski definition) is 2. The molecule has 5 nitrogen and oxygen atoms in total. The Bertz CT molecular complexity index is 526. The highest BCUT2D eigenvalue weighted by atomic mass is 16.1. The van der Waals surface area contributed by atoms with Crippen molar-refractivity contribution in [2.75, 3.05) is 18.5 Å². The minimum Gasteiger partial charge on any atom is -0.368 e. The van der Waals surface area contributed by atoms with Crippen LogP contribution in [0.25, 0.3) is 0 Å². The third-order valence-corrected chi connectivity index (χ3v) is 2.81. The smallest absolute Gasteiger partial charge is 0.236 e. The molecule has 0 aromatic heterocycles. The van der Waals surface area contributed by atoms with E-state index < -0.39 is 5.91 Å². The average molecular weight is 274 g/mol. The molecule has 3 N–H and O–H groups in total. The van der Waals surface area contributed by atoms with Crippen LogP contribution in [0.2, 0.25) is 0 Å². The molecule has 0 spiro atoms. The number of carbonyl (C=O) groups excluding carboxylic acids is 1. The Morgan fingerprint density at radius 3 is 2.60 bits per heavy atom. The molecule has 0 saturated heterocycles. The van der Waals surface area contributed by atoms with Gasteiger partial charge in [-0.15, -0.1) is 0 Å². The highest BCUT2D eigenvalue weighted by Gasteiger charge is 2.12. The van der Waals surface area contributed by atoms with E-state index in [2.05, 4.69) is 32.2 Å². The number of amides is 1. The van der Waals surface area contributed by atoms with E-state index in [1.54, 1.807) is 11.9 Å². The number of rotatable bonds is 5. The van der Waals surface area contributed by atoms with E-state index >= 15 is 0 Å². The number of nitrogens with two attached hydrogens (primary N) is 1. The van der Waals surface area contributed by atoms with Crippen LogP contribution in [0.15, 0.2) is 18.2 Å². The summed E-state index contributed by atoms with van der Waals surface area (Å²) in [5.74, 6) is -0.421. The number of nitrogens with one attached hydrogen (secondary N) is 1. The average Bonchev–Trinajstić information content (AvgIpc) is 2.34. The molecule has 0 aliphatic heterocycles. The number of nitriles is 1. The predicted molar refractivity (Wildman–Crippen MR) is 80.2 cm³/mol. The monoisotopic (exact) mass is 274 g/mol. The first-order valence-corrected chi connectivity index (χ1v) is 6.50. The first-order valence-electron chi connectivity index (χ1n) is 6.50. The lowest BCUT2D eigenvalue weighted by molar-refractivity contribution is -0.116. The summed E-state index contributed by atoms with van der Waals surface area (Å²) in [6, 6.07) is 7.80. The van der Waals surface area contributed by atoms with Gasteiger partial charge in [-0.25, -0.2) is 0 Å². The summed E-state index contributed by atoms with van der Waals surface area (Å²) in [7, 11) is 1.74. The number of primary amides is 1. The topological polar surface area (TPSA) is 82.2 Å². The Morgan fingerprint density at radius 2 is 2.10 bits per heavy atom. The highest BCUT2D eigenvalue weighted by Crippen LogP contribution is 2.20. The van der Waals surface area contributed by atoms with E-state index in [0.717, 1.165) is 5.56 Å². The van der Waals surface area contributed by atoms with Crippen LogP contribution in [0.3, 0.4) is 0 Å². The molecule has 0 unspecified atom stereocenters. The van der Waals surface area contributed by atoms with Crippen molar-refractivity contribution in [3.63, 3.8) is 0 Å². The van der Waals surface area contributed by atoms with Crippen LogP contribution in [0, 0.1) is 11.3 Å². The number of anilines is 1. The standard InChI is InChI=1S/C15H22N4O/c1-15(2,3)18-9-11-5-6-13(12(7-11)8-16)19(4)10-14(17)20/h5-7,18H,9-10H2,1-4H3,(H2,17,20). The van der Waals surface area contributed by atoms with Crippen molar-refractivity contribution < 1.29 is 4.79 Å². The number of nitrogens with zero attached hydrogens (tertiary/aromatic N) is 2. The van der Waals surface area contributed by atoms with Crippen LogP contribution in [0.5, 0.6) is 0 Å². The van der Waals surface area contributed by atoms with Gasteiger partial charge < -0.3 is 16.0 Å². The molecule has 1 rings (SSSR count). The van der Waals surface area contributed by atoms with E-state index in [1.807, 2.05) is 18.2 Å². The summed E-state index contributed by atoms with van der Waals surface area (Å²) in [4.78, 5) is 12.6. The summed E-state index contributed by atoms with van der Waals surface area (Å²) < 4.78 is 0. The van der Waals surface area contributed by atoms with Gasteiger partial charge in [0.1, 0.15) is 6.07 Å². The second-order valence-electron chi connectivity index (χ2n) is 5.89. The number of likely N-dealkylation sites (N-methyl/N-ethyl adjacent to an activating group) is 1. The van der Waals surface area contributed by atoms with E-state index in [-0.39, 0.29) is 12.1 Å². The molecule has 0 saturated carbocycles.